The van der Waals surface area contributed by atoms with Gasteiger partial charge in [0.25, 0.3) is 11.8 Å². The maximum Gasteiger partial charge on any atom is 0.417 e. The summed E-state index contributed by atoms with van der Waals surface area (Å²) in [7, 11) is 0. The number of halogens is 5. The minimum atomic E-state index is -4.63. The number of alkyl halides is 3. The van der Waals surface area contributed by atoms with Gasteiger partial charge < -0.3 is 15.4 Å². The average Bonchev–Trinajstić information content (AvgIpc) is 2.97. The van der Waals surface area contributed by atoms with Gasteiger partial charge in [0.1, 0.15) is 0 Å². The van der Waals surface area contributed by atoms with Gasteiger partial charge in [-0.05, 0) is 53.6 Å². The van der Waals surface area contributed by atoms with Crippen LogP contribution in [0.5, 0.6) is 0 Å². The first-order valence-corrected chi connectivity index (χ1v) is 14.2. The maximum atomic E-state index is 13.1. The Morgan fingerprint density at radius 2 is 1.76 bits per heavy atom. The standard InChI is InChI=1S/C29H28BrClF3N5O3/c30-22-6-8-26(23(16-22)28(41)38-36-18-20-3-7-25(31)24(15-20)29(32,33)34)37-27(40)21-4-1-19(2-5-21)17-35-9-10-39-11-13-42-14-12-39/h1-8,15-16,18,35H,9-14,17H2,(H,37,40)(H,38,41)/b36-18+. The molecular weight excluding hydrogens is 639 g/mol. The second kappa shape index (κ2) is 14.7. The second-order valence-electron chi connectivity index (χ2n) is 9.41. The summed E-state index contributed by atoms with van der Waals surface area (Å²) in [6, 6.07) is 15.1. The summed E-state index contributed by atoms with van der Waals surface area (Å²) < 4.78 is 45.3. The number of hydrogen-bond acceptors (Lipinski definition) is 6. The third-order valence-corrected chi connectivity index (χ3v) is 7.23. The topological polar surface area (TPSA) is 95.1 Å². The van der Waals surface area contributed by atoms with Crippen LogP contribution in [0.1, 0.15) is 37.4 Å². The molecule has 1 fully saturated rings. The van der Waals surface area contributed by atoms with Crippen LogP contribution < -0.4 is 16.1 Å². The molecule has 0 spiro atoms. The van der Waals surface area contributed by atoms with Crippen molar-refractivity contribution in [1.82, 2.24) is 15.6 Å². The number of hydrogen-bond donors (Lipinski definition) is 3. The molecule has 4 rings (SSSR count). The summed E-state index contributed by atoms with van der Waals surface area (Å²) in [4.78, 5) is 28.2. The number of carbonyl (C=O) groups excluding carboxylic acids is 2. The van der Waals surface area contributed by atoms with E-state index in [1.165, 1.54) is 12.1 Å². The van der Waals surface area contributed by atoms with E-state index in [0.29, 0.717) is 16.6 Å². The van der Waals surface area contributed by atoms with Gasteiger partial charge >= 0.3 is 6.18 Å². The van der Waals surface area contributed by atoms with Crippen LogP contribution in [0.25, 0.3) is 0 Å². The number of ether oxygens (including phenoxy) is 1. The lowest BCUT2D eigenvalue weighted by molar-refractivity contribution is -0.137. The van der Waals surface area contributed by atoms with E-state index >= 15 is 0 Å². The zero-order valence-corrected chi connectivity index (χ0v) is 24.7. The molecule has 0 unspecified atom stereocenters. The Labute approximate surface area is 254 Å². The molecule has 0 atom stereocenters. The highest BCUT2D eigenvalue weighted by atomic mass is 79.9. The first-order valence-electron chi connectivity index (χ1n) is 13.0. The zero-order chi connectivity index (χ0) is 30.1. The van der Waals surface area contributed by atoms with Crippen molar-refractivity contribution in [3.05, 3.63) is 98.0 Å². The number of anilines is 1. The van der Waals surface area contributed by atoms with Crippen molar-refractivity contribution in [3.63, 3.8) is 0 Å². The van der Waals surface area contributed by atoms with Crippen LogP contribution in [-0.4, -0.2) is 62.3 Å². The Hall–Kier alpha value is -3.29. The van der Waals surface area contributed by atoms with Crippen molar-refractivity contribution in [2.24, 2.45) is 5.10 Å². The van der Waals surface area contributed by atoms with E-state index in [1.54, 1.807) is 24.3 Å². The molecule has 2 amide bonds. The molecular formula is C29H28BrClF3N5O3. The summed E-state index contributed by atoms with van der Waals surface area (Å²) in [5.41, 5.74) is 3.12. The predicted octanol–water partition coefficient (Wildman–Crippen LogP) is 5.56. The van der Waals surface area contributed by atoms with Gasteiger partial charge in [-0.1, -0.05) is 45.7 Å². The third-order valence-electron chi connectivity index (χ3n) is 6.40. The van der Waals surface area contributed by atoms with Gasteiger partial charge in [-0.3, -0.25) is 14.5 Å². The fraction of sp³-hybridized carbons (Fsp3) is 0.276. The van der Waals surface area contributed by atoms with Crippen molar-refractivity contribution < 1.29 is 27.5 Å². The Bertz CT molecular complexity index is 1430. The van der Waals surface area contributed by atoms with Crippen molar-refractivity contribution >= 4 is 51.2 Å². The molecule has 222 valence electrons. The van der Waals surface area contributed by atoms with Crippen LogP contribution in [0, 0.1) is 0 Å². The summed E-state index contributed by atoms with van der Waals surface area (Å²) in [6.07, 6.45) is -3.56. The number of rotatable bonds is 10. The number of carbonyl (C=O) groups is 2. The number of hydrazone groups is 1. The number of nitrogens with zero attached hydrogens (tertiary/aromatic N) is 2. The van der Waals surface area contributed by atoms with Crippen LogP contribution in [-0.2, 0) is 17.5 Å². The zero-order valence-electron chi connectivity index (χ0n) is 22.3. The molecule has 3 aromatic carbocycles. The fourth-order valence-corrected chi connectivity index (χ4v) is 4.73. The van der Waals surface area contributed by atoms with Crippen molar-refractivity contribution in [1.29, 1.82) is 0 Å². The van der Waals surface area contributed by atoms with Gasteiger partial charge in [0.05, 0.1) is 41.3 Å². The van der Waals surface area contributed by atoms with Gasteiger partial charge in [0, 0.05) is 42.8 Å². The highest BCUT2D eigenvalue weighted by molar-refractivity contribution is 9.10. The molecule has 1 aliphatic rings. The number of morpholine rings is 1. The summed E-state index contributed by atoms with van der Waals surface area (Å²) in [5.74, 6) is -1.09. The van der Waals surface area contributed by atoms with Crippen molar-refractivity contribution in [2.45, 2.75) is 12.7 Å². The SMILES string of the molecule is O=C(Nc1ccc(Br)cc1C(=O)N/N=C/c1ccc(Cl)c(C(F)(F)F)c1)c1ccc(CNCCN2CCOCC2)cc1. The van der Waals surface area contributed by atoms with E-state index in [9.17, 15) is 22.8 Å². The number of amides is 2. The molecule has 1 aliphatic heterocycles. The highest BCUT2D eigenvalue weighted by Gasteiger charge is 2.33. The van der Waals surface area contributed by atoms with Gasteiger partial charge in [-0.25, -0.2) is 5.43 Å². The van der Waals surface area contributed by atoms with Gasteiger partial charge in [0.15, 0.2) is 0 Å². The molecule has 3 N–H and O–H groups in total. The summed E-state index contributed by atoms with van der Waals surface area (Å²) in [5, 5.41) is 9.47. The van der Waals surface area contributed by atoms with E-state index in [-0.39, 0.29) is 16.8 Å². The lowest BCUT2D eigenvalue weighted by atomic mass is 10.1. The minimum absolute atomic E-state index is 0.0885. The minimum Gasteiger partial charge on any atom is -0.379 e. The first kappa shape index (κ1) is 31.6. The van der Waals surface area contributed by atoms with E-state index in [2.05, 4.69) is 42.0 Å². The molecule has 0 saturated carbocycles. The number of nitrogens with one attached hydrogen (secondary N) is 3. The van der Waals surface area contributed by atoms with Crippen LogP contribution in [0.15, 0.2) is 70.2 Å². The highest BCUT2D eigenvalue weighted by Crippen LogP contribution is 2.34. The lowest BCUT2D eigenvalue weighted by Gasteiger charge is -2.26. The molecule has 0 aliphatic carbocycles. The molecule has 42 heavy (non-hydrogen) atoms. The maximum absolute atomic E-state index is 13.1. The van der Waals surface area contributed by atoms with E-state index in [1.807, 2.05) is 12.1 Å². The molecule has 0 bridgehead atoms. The lowest BCUT2D eigenvalue weighted by Crippen LogP contribution is -2.40. The Kier molecular flexibility index (Phi) is 11.1. The molecule has 1 heterocycles. The summed E-state index contributed by atoms with van der Waals surface area (Å²) in [6.45, 7) is 5.86. The molecule has 13 heteroatoms. The van der Waals surface area contributed by atoms with Gasteiger partial charge in [-0.15, -0.1) is 0 Å². The van der Waals surface area contributed by atoms with Crippen LogP contribution in [0.3, 0.4) is 0 Å². The van der Waals surface area contributed by atoms with Crippen molar-refractivity contribution in [3.8, 4) is 0 Å². The quantitative estimate of drug-likeness (QED) is 0.150. The van der Waals surface area contributed by atoms with E-state index in [0.717, 1.165) is 63.3 Å². The Morgan fingerprint density at radius 1 is 1.02 bits per heavy atom. The monoisotopic (exact) mass is 665 g/mol. The Morgan fingerprint density at radius 3 is 2.48 bits per heavy atom. The third kappa shape index (κ3) is 9.10. The van der Waals surface area contributed by atoms with E-state index < -0.39 is 28.6 Å². The molecule has 0 radical (unpaired) electrons. The normalized spacial score (nSPS) is 14.2. The molecule has 8 nitrogen and oxygen atoms in total. The fourth-order valence-electron chi connectivity index (χ4n) is 4.14. The summed E-state index contributed by atoms with van der Waals surface area (Å²) >= 11 is 8.95. The molecule has 3 aromatic rings. The van der Waals surface area contributed by atoms with Gasteiger partial charge in [0.2, 0.25) is 0 Å². The molecule has 1 saturated heterocycles. The smallest absolute Gasteiger partial charge is 0.379 e. The Balaban J connectivity index is 1.34. The molecule has 0 aromatic heterocycles. The van der Waals surface area contributed by atoms with Crippen molar-refractivity contribution in [2.75, 3.05) is 44.7 Å². The average molecular weight is 667 g/mol. The van der Waals surface area contributed by atoms with E-state index in [4.69, 9.17) is 16.3 Å². The van der Waals surface area contributed by atoms with Crippen LogP contribution in [0.2, 0.25) is 5.02 Å². The van der Waals surface area contributed by atoms with Gasteiger partial charge in [-0.2, -0.15) is 18.3 Å². The first-order chi connectivity index (χ1) is 20.1. The van der Waals surface area contributed by atoms with Crippen LogP contribution >= 0.6 is 27.5 Å². The predicted molar refractivity (Wildman–Crippen MR) is 159 cm³/mol. The second-order valence-corrected chi connectivity index (χ2v) is 10.7. The largest absolute Gasteiger partial charge is 0.417 e. The van der Waals surface area contributed by atoms with Crippen LogP contribution in [0.4, 0.5) is 18.9 Å². The number of benzene rings is 3.